The Morgan fingerprint density at radius 1 is 1.14 bits per heavy atom. The molecular formula is CaKO4S+. The third kappa shape index (κ3) is 52.5. The van der Waals surface area contributed by atoms with Crippen LogP contribution in [0.1, 0.15) is 0 Å². The fourth-order valence-electron chi connectivity index (χ4n) is 0. The van der Waals surface area contributed by atoms with Crippen LogP contribution in [0.5, 0.6) is 0 Å². The maximum atomic E-state index is 8.52. The summed E-state index contributed by atoms with van der Waals surface area (Å²) in [4.78, 5) is 0. The summed E-state index contributed by atoms with van der Waals surface area (Å²) in [6, 6.07) is 0. The molecule has 0 aromatic rings. The van der Waals surface area contributed by atoms with Crippen LogP contribution in [0.3, 0.4) is 0 Å². The Bertz CT molecular complexity index is 94.9. The van der Waals surface area contributed by atoms with Crippen molar-refractivity contribution < 1.29 is 68.9 Å². The molecule has 0 amide bonds. The van der Waals surface area contributed by atoms with E-state index in [1.807, 2.05) is 0 Å². The van der Waals surface area contributed by atoms with Gasteiger partial charge >= 0.3 is 89.1 Å². The topological polar surface area (TPSA) is 80.3 Å². The smallest absolute Gasteiger partial charge is 0.759 e. The van der Waals surface area contributed by atoms with Crippen LogP contribution >= 0.6 is 0 Å². The Hall–Kier alpha value is 2.77. The van der Waals surface area contributed by atoms with Crippen molar-refractivity contribution in [2.24, 2.45) is 0 Å². The van der Waals surface area contributed by atoms with Crippen molar-refractivity contribution in [3.8, 4) is 0 Å². The van der Waals surface area contributed by atoms with Gasteiger partial charge in [0.1, 0.15) is 0 Å². The van der Waals surface area contributed by atoms with Crippen molar-refractivity contribution in [3.63, 3.8) is 0 Å². The van der Waals surface area contributed by atoms with E-state index in [1.165, 1.54) is 0 Å². The normalized spacial score (nSPS) is 8.29. The van der Waals surface area contributed by atoms with Crippen molar-refractivity contribution in [1.82, 2.24) is 0 Å². The zero-order valence-electron chi connectivity index (χ0n) is 3.75. The van der Waals surface area contributed by atoms with Gasteiger partial charge in [0.15, 0.2) is 0 Å². The summed E-state index contributed by atoms with van der Waals surface area (Å²) in [5, 5.41) is 0. The Morgan fingerprint density at radius 3 is 1.14 bits per heavy atom. The van der Waals surface area contributed by atoms with Crippen molar-refractivity contribution in [1.29, 1.82) is 0 Å². The molecule has 0 atom stereocenters. The number of hydrogen-bond acceptors (Lipinski definition) is 4. The van der Waals surface area contributed by atoms with E-state index in [2.05, 4.69) is 0 Å². The zero-order valence-corrected chi connectivity index (χ0v) is 9.90. The third-order valence-corrected chi connectivity index (χ3v) is 0. The van der Waals surface area contributed by atoms with Crippen molar-refractivity contribution in [3.05, 3.63) is 0 Å². The van der Waals surface area contributed by atoms with Crippen LogP contribution in [0.25, 0.3) is 0 Å². The molecule has 0 fully saturated rings. The van der Waals surface area contributed by atoms with E-state index in [1.54, 1.807) is 0 Å². The molecule has 0 aliphatic rings. The van der Waals surface area contributed by atoms with E-state index in [4.69, 9.17) is 17.5 Å². The molecule has 0 aromatic carbocycles. The molecule has 0 saturated carbocycles. The molecule has 0 radical (unpaired) electrons. The molecule has 4 nitrogen and oxygen atoms in total. The maximum Gasteiger partial charge on any atom is 2.00 e. The van der Waals surface area contributed by atoms with Crippen LogP contribution < -0.4 is 51.4 Å². The number of rotatable bonds is 0. The minimum Gasteiger partial charge on any atom is -0.759 e. The Kier molecular flexibility index (Phi) is 16.1. The molecule has 7 heavy (non-hydrogen) atoms. The van der Waals surface area contributed by atoms with E-state index in [9.17, 15) is 0 Å². The average Bonchev–Trinajstić information content (AvgIpc) is 0.722. The SMILES string of the molecule is O=S(=O)([O-])[O-].[Ca+2].[K+]. The van der Waals surface area contributed by atoms with Crippen LogP contribution in [-0.4, -0.2) is 55.3 Å². The van der Waals surface area contributed by atoms with Gasteiger partial charge in [-0.3, -0.25) is 8.42 Å². The standard InChI is InChI=1S/Ca.K.H2O4S/c;;1-5(2,3)4/h;;(H2,1,2,3,4)/q+2;+1;/p-2. The van der Waals surface area contributed by atoms with Gasteiger partial charge < -0.3 is 9.11 Å². The summed E-state index contributed by atoms with van der Waals surface area (Å²) >= 11 is 0. The van der Waals surface area contributed by atoms with Crippen molar-refractivity contribution >= 4 is 48.1 Å². The molecule has 0 heterocycles. The van der Waals surface area contributed by atoms with E-state index < -0.39 is 10.4 Å². The third-order valence-electron chi connectivity index (χ3n) is 0. The van der Waals surface area contributed by atoms with Gasteiger partial charge in [0, 0.05) is 10.4 Å². The molecule has 0 spiro atoms. The molecule has 0 aliphatic carbocycles. The predicted octanol–water partition coefficient (Wildman–Crippen LogP) is -4.71. The molecule has 0 N–H and O–H groups in total. The molecular weight excluding hydrogens is 175 g/mol. The number of hydrogen-bond donors (Lipinski definition) is 0. The van der Waals surface area contributed by atoms with Gasteiger partial charge in [0.05, 0.1) is 0 Å². The molecule has 0 bridgehead atoms. The second-order valence-corrected chi connectivity index (χ2v) is 1.22. The van der Waals surface area contributed by atoms with Crippen LogP contribution in [-0.2, 0) is 10.4 Å². The van der Waals surface area contributed by atoms with Gasteiger partial charge in [-0.25, -0.2) is 0 Å². The quantitative estimate of drug-likeness (QED) is 0.210. The van der Waals surface area contributed by atoms with E-state index in [0.29, 0.717) is 0 Å². The summed E-state index contributed by atoms with van der Waals surface area (Å²) in [6.45, 7) is 0. The average molecular weight is 175 g/mol. The molecule has 0 aliphatic heterocycles. The van der Waals surface area contributed by atoms with Gasteiger partial charge in [-0.15, -0.1) is 0 Å². The Labute approximate surface area is 114 Å². The summed E-state index contributed by atoms with van der Waals surface area (Å²) in [6.07, 6.45) is 0. The monoisotopic (exact) mass is 175 g/mol. The van der Waals surface area contributed by atoms with Gasteiger partial charge in [-0.1, -0.05) is 0 Å². The van der Waals surface area contributed by atoms with E-state index in [-0.39, 0.29) is 89.1 Å². The van der Waals surface area contributed by atoms with Crippen LogP contribution in [0.15, 0.2) is 0 Å². The van der Waals surface area contributed by atoms with E-state index in [0.717, 1.165) is 0 Å². The van der Waals surface area contributed by atoms with Gasteiger partial charge in [-0.2, -0.15) is 0 Å². The van der Waals surface area contributed by atoms with E-state index >= 15 is 0 Å². The van der Waals surface area contributed by atoms with Crippen LogP contribution in [0.2, 0.25) is 0 Å². The van der Waals surface area contributed by atoms with Gasteiger partial charge in [0.2, 0.25) is 0 Å². The molecule has 0 unspecified atom stereocenters. The summed E-state index contributed by atoms with van der Waals surface area (Å²) in [5.74, 6) is 0. The zero-order chi connectivity index (χ0) is 4.50. The second-order valence-electron chi connectivity index (χ2n) is 0.408. The predicted molar refractivity (Wildman–Crippen MR) is 16.2 cm³/mol. The second kappa shape index (κ2) is 6.88. The summed E-state index contributed by atoms with van der Waals surface area (Å²) in [7, 11) is -5.17. The first-order valence-electron chi connectivity index (χ1n) is 0.667. The minimum absolute atomic E-state index is 0. The maximum absolute atomic E-state index is 8.52. The molecule has 0 aromatic heterocycles. The first kappa shape index (κ1) is 16.4. The van der Waals surface area contributed by atoms with Gasteiger partial charge in [0.25, 0.3) is 0 Å². The molecule has 7 heteroatoms. The first-order chi connectivity index (χ1) is 2.00. The van der Waals surface area contributed by atoms with Crippen LogP contribution in [0, 0.1) is 0 Å². The minimum atomic E-state index is -5.17. The summed E-state index contributed by atoms with van der Waals surface area (Å²) in [5.41, 5.74) is 0. The molecule has 0 saturated heterocycles. The van der Waals surface area contributed by atoms with Crippen molar-refractivity contribution in [2.45, 2.75) is 0 Å². The van der Waals surface area contributed by atoms with Crippen molar-refractivity contribution in [2.75, 3.05) is 0 Å². The Morgan fingerprint density at radius 2 is 1.14 bits per heavy atom. The molecule has 0 rings (SSSR count). The Balaban J connectivity index is -0.0000000800. The fraction of sp³-hybridized carbons (Fsp3) is 0. The van der Waals surface area contributed by atoms with Gasteiger partial charge in [-0.05, 0) is 0 Å². The molecule has 32 valence electrons. The largest absolute Gasteiger partial charge is 2.00 e. The fourth-order valence-corrected chi connectivity index (χ4v) is 0. The summed E-state index contributed by atoms with van der Waals surface area (Å²) < 4.78 is 34.1. The van der Waals surface area contributed by atoms with Crippen LogP contribution in [0.4, 0.5) is 0 Å². The first-order valence-corrected chi connectivity index (χ1v) is 2.00.